The fraction of sp³-hybridized carbons (Fsp3) is 0.238. The average Bonchev–Trinajstić information content (AvgIpc) is 3.16. The number of aromatic nitrogens is 3. The lowest BCUT2D eigenvalue weighted by Gasteiger charge is -2.18. The molecule has 0 spiro atoms. The Balaban J connectivity index is 1.72. The molecule has 0 N–H and O–H groups in total. The monoisotopic (exact) mass is 394 g/mol. The van der Waals surface area contributed by atoms with Crippen LogP contribution in [0.15, 0.2) is 48.8 Å². The van der Waals surface area contributed by atoms with Gasteiger partial charge in [-0.15, -0.1) is 0 Å². The molecular weight excluding hydrogens is 375 g/mol. The zero-order valence-electron chi connectivity index (χ0n) is 16.2. The molecule has 0 radical (unpaired) electrons. The van der Waals surface area contributed by atoms with E-state index >= 15 is 0 Å². The van der Waals surface area contributed by atoms with Gasteiger partial charge in [0.2, 0.25) is 5.88 Å². The number of ether oxygens (including phenoxy) is 2. The molecule has 0 saturated carbocycles. The molecule has 0 unspecified atom stereocenters. The number of carbonyl (C=O) groups excluding carboxylic acids is 1. The summed E-state index contributed by atoms with van der Waals surface area (Å²) in [4.78, 5) is 16.5. The van der Waals surface area contributed by atoms with Gasteiger partial charge < -0.3 is 9.47 Å². The molecule has 0 saturated heterocycles. The van der Waals surface area contributed by atoms with Gasteiger partial charge in [-0.2, -0.15) is 15.0 Å². The lowest BCUT2D eigenvalue weighted by Crippen LogP contribution is -2.27. The maximum atomic E-state index is 14.0. The van der Waals surface area contributed by atoms with Gasteiger partial charge in [0.25, 0.3) is 0 Å². The van der Waals surface area contributed by atoms with Gasteiger partial charge in [-0.1, -0.05) is 12.1 Å². The van der Waals surface area contributed by atoms with Crippen LogP contribution in [-0.4, -0.2) is 26.5 Å². The van der Waals surface area contributed by atoms with E-state index in [1.54, 1.807) is 39.0 Å². The highest BCUT2D eigenvalue weighted by atomic mass is 19.1. The maximum Gasteiger partial charge on any atom is 0.435 e. The third kappa shape index (κ3) is 5.17. The third-order valence-electron chi connectivity index (χ3n) is 3.74. The van der Waals surface area contributed by atoms with Crippen molar-refractivity contribution in [3.63, 3.8) is 0 Å². The van der Waals surface area contributed by atoms with E-state index in [1.165, 1.54) is 24.5 Å². The van der Waals surface area contributed by atoms with E-state index in [9.17, 15) is 9.18 Å². The van der Waals surface area contributed by atoms with E-state index < -0.39 is 17.5 Å². The van der Waals surface area contributed by atoms with Gasteiger partial charge in [0, 0.05) is 23.4 Å². The van der Waals surface area contributed by atoms with E-state index in [4.69, 9.17) is 14.7 Å². The summed E-state index contributed by atoms with van der Waals surface area (Å²) in [5.74, 6) is -0.227. The van der Waals surface area contributed by atoms with E-state index in [2.05, 4.69) is 10.1 Å². The predicted octanol–water partition coefficient (Wildman–Crippen LogP) is 4.32. The van der Waals surface area contributed by atoms with Crippen LogP contribution in [0.4, 0.5) is 9.18 Å². The van der Waals surface area contributed by atoms with Crippen LogP contribution in [0, 0.1) is 17.1 Å². The third-order valence-corrected chi connectivity index (χ3v) is 3.74. The normalized spacial score (nSPS) is 11.0. The van der Waals surface area contributed by atoms with Crippen molar-refractivity contribution in [2.75, 3.05) is 0 Å². The fourth-order valence-electron chi connectivity index (χ4n) is 2.41. The Bertz CT molecular complexity index is 1080. The average molecular weight is 394 g/mol. The minimum absolute atomic E-state index is 0.0365. The summed E-state index contributed by atoms with van der Waals surface area (Å²) < 4.78 is 25.9. The second kappa shape index (κ2) is 8.10. The number of nitrogens with zero attached hydrogens (tertiary/aromatic N) is 4. The highest BCUT2D eigenvalue weighted by molar-refractivity contribution is 5.72. The molecule has 0 aliphatic rings. The minimum atomic E-state index is -0.629. The Kier molecular flexibility index (Phi) is 5.59. The molecule has 0 aliphatic heterocycles. The van der Waals surface area contributed by atoms with E-state index in [1.807, 2.05) is 6.07 Å². The SMILES string of the molecule is CC(C)(C)OC(=O)n1cc(-c2cccc(OCc3ccc(C#N)cc3F)n2)cn1. The fourth-order valence-corrected chi connectivity index (χ4v) is 2.41. The van der Waals surface area contributed by atoms with Gasteiger partial charge >= 0.3 is 6.09 Å². The van der Waals surface area contributed by atoms with Crippen molar-refractivity contribution in [1.29, 1.82) is 5.26 Å². The van der Waals surface area contributed by atoms with Crippen molar-refractivity contribution < 1.29 is 18.7 Å². The summed E-state index contributed by atoms with van der Waals surface area (Å²) in [7, 11) is 0. The predicted molar refractivity (Wildman–Crippen MR) is 103 cm³/mol. The van der Waals surface area contributed by atoms with Crippen LogP contribution in [0.2, 0.25) is 0 Å². The van der Waals surface area contributed by atoms with E-state index in [0.717, 1.165) is 10.7 Å². The Morgan fingerprint density at radius 1 is 1.28 bits per heavy atom. The van der Waals surface area contributed by atoms with E-state index in [-0.39, 0.29) is 18.1 Å². The first kappa shape index (κ1) is 20.0. The number of hydrogen-bond donors (Lipinski definition) is 0. The molecule has 0 atom stereocenters. The molecule has 3 aromatic rings. The smallest absolute Gasteiger partial charge is 0.435 e. The quantitative estimate of drug-likeness (QED) is 0.655. The molecule has 3 rings (SSSR count). The molecule has 0 aliphatic carbocycles. The molecule has 2 heterocycles. The molecule has 8 heteroatoms. The number of benzene rings is 1. The van der Waals surface area contributed by atoms with Crippen LogP contribution in [0.3, 0.4) is 0 Å². The van der Waals surface area contributed by atoms with Crippen molar-refractivity contribution in [2.24, 2.45) is 0 Å². The Hall–Kier alpha value is -3.73. The summed E-state index contributed by atoms with van der Waals surface area (Å²) in [6.07, 6.45) is 2.42. The first-order valence-electron chi connectivity index (χ1n) is 8.82. The van der Waals surface area contributed by atoms with Gasteiger partial charge in [-0.3, -0.25) is 0 Å². The standard InChI is InChI=1S/C21H19FN4O3/c1-21(2,3)29-20(27)26-12-16(11-24-26)18-5-4-6-19(25-18)28-13-15-8-7-14(10-23)9-17(15)22/h4-9,11-12H,13H2,1-3H3. The van der Waals surface area contributed by atoms with E-state index in [0.29, 0.717) is 16.8 Å². The van der Waals surface area contributed by atoms with Crippen molar-refractivity contribution in [1.82, 2.24) is 14.8 Å². The maximum absolute atomic E-state index is 14.0. The molecule has 7 nitrogen and oxygen atoms in total. The van der Waals surface area contributed by atoms with Crippen LogP contribution >= 0.6 is 0 Å². The summed E-state index contributed by atoms with van der Waals surface area (Å²) >= 11 is 0. The van der Waals surface area contributed by atoms with Gasteiger partial charge in [0.1, 0.15) is 18.0 Å². The summed E-state index contributed by atoms with van der Waals surface area (Å²) in [5, 5.41) is 12.8. The Labute approximate surface area is 167 Å². The Morgan fingerprint density at radius 3 is 2.76 bits per heavy atom. The molecule has 2 aromatic heterocycles. The number of hydrogen-bond acceptors (Lipinski definition) is 6. The highest BCUT2D eigenvalue weighted by Gasteiger charge is 2.19. The lowest BCUT2D eigenvalue weighted by molar-refractivity contribution is 0.0514. The van der Waals surface area contributed by atoms with Crippen molar-refractivity contribution in [3.05, 3.63) is 65.7 Å². The summed E-state index contributed by atoms with van der Waals surface area (Å²) in [6, 6.07) is 11.2. The first-order valence-corrected chi connectivity index (χ1v) is 8.82. The molecule has 0 fully saturated rings. The van der Waals surface area contributed by atoms with Crippen LogP contribution in [0.5, 0.6) is 5.88 Å². The van der Waals surface area contributed by atoms with Gasteiger partial charge in [-0.25, -0.2) is 14.2 Å². The number of halogens is 1. The van der Waals surface area contributed by atoms with Crippen LogP contribution in [0.1, 0.15) is 31.9 Å². The topological polar surface area (TPSA) is 90.0 Å². The van der Waals surface area contributed by atoms with Gasteiger partial charge in [-0.05, 0) is 39.0 Å². The number of pyridine rings is 1. The second-order valence-corrected chi connectivity index (χ2v) is 7.22. The number of carbonyl (C=O) groups is 1. The number of rotatable bonds is 4. The second-order valence-electron chi connectivity index (χ2n) is 7.22. The molecule has 0 bridgehead atoms. The molecule has 1 aromatic carbocycles. The summed E-state index contributed by atoms with van der Waals surface area (Å²) in [6.45, 7) is 5.28. The zero-order chi connectivity index (χ0) is 21.0. The molecule has 148 valence electrons. The van der Waals surface area contributed by atoms with Gasteiger partial charge in [0.15, 0.2) is 0 Å². The van der Waals surface area contributed by atoms with Gasteiger partial charge in [0.05, 0.1) is 23.5 Å². The van der Waals surface area contributed by atoms with Crippen LogP contribution in [0.25, 0.3) is 11.3 Å². The molecular formula is C21H19FN4O3. The van der Waals surface area contributed by atoms with Crippen LogP contribution in [-0.2, 0) is 11.3 Å². The number of nitriles is 1. The lowest BCUT2D eigenvalue weighted by atomic mass is 10.1. The first-order chi connectivity index (χ1) is 13.7. The molecule has 29 heavy (non-hydrogen) atoms. The largest absolute Gasteiger partial charge is 0.473 e. The molecule has 0 amide bonds. The summed E-state index contributed by atoms with van der Waals surface area (Å²) in [5.41, 5.74) is 1.07. The van der Waals surface area contributed by atoms with Crippen LogP contribution < -0.4 is 4.74 Å². The van der Waals surface area contributed by atoms with Crippen molar-refractivity contribution >= 4 is 6.09 Å². The van der Waals surface area contributed by atoms with Crippen molar-refractivity contribution in [2.45, 2.75) is 33.0 Å². The zero-order valence-corrected chi connectivity index (χ0v) is 16.2. The minimum Gasteiger partial charge on any atom is -0.473 e. The highest BCUT2D eigenvalue weighted by Crippen LogP contribution is 2.21. The van der Waals surface area contributed by atoms with Crippen molar-refractivity contribution in [3.8, 4) is 23.2 Å². The Morgan fingerprint density at radius 2 is 2.07 bits per heavy atom.